The quantitative estimate of drug-likeness (QED) is 0.844. The van der Waals surface area contributed by atoms with Crippen molar-refractivity contribution in [3.8, 4) is 0 Å². The van der Waals surface area contributed by atoms with Crippen molar-refractivity contribution < 1.29 is 0 Å². The van der Waals surface area contributed by atoms with Crippen molar-refractivity contribution in [3.05, 3.63) is 35.9 Å². The lowest BCUT2D eigenvalue weighted by molar-refractivity contribution is 0.157. The van der Waals surface area contributed by atoms with Crippen LogP contribution in [0.5, 0.6) is 0 Å². The normalized spacial score (nSPS) is 24.5. The summed E-state index contributed by atoms with van der Waals surface area (Å²) in [5.41, 5.74) is 1.40. The number of hydrogen-bond acceptors (Lipinski definition) is 2. The summed E-state index contributed by atoms with van der Waals surface area (Å²) in [6.07, 6.45) is 2.71. The molecule has 0 saturated heterocycles. The Morgan fingerprint density at radius 2 is 1.79 bits per heavy atom. The monoisotopic (exact) mass is 260 g/mol. The van der Waals surface area contributed by atoms with Gasteiger partial charge in [0.15, 0.2) is 0 Å². The molecule has 0 aliphatic heterocycles. The molecule has 0 aromatic heterocycles. The summed E-state index contributed by atoms with van der Waals surface area (Å²) in [4.78, 5) is 2.31. The molecule has 1 aromatic carbocycles. The maximum Gasteiger partial charge on any atom is 0.0466 e. The predicted molar refractivity (Wildman–Crippen MR) is 82.2 cm³/mol. The molecule has 1 aliphatic rings. The Labute approximate surface area is 118 Å². The highest BCUT2D eigenvalue weighted by molar-refractivity contribution is 5.19. The first-order valence-electron chi connectivity index (χ1n) is 7.52. The molecular weight excluding hydrogens is 232 g/mol. The van der Waals surface area contributed by atoms with Crippen LogP contribution in [-0.4, -0.2) is 31.6 Å². The van der Waals surface area contributed by atoms with Gasteiger partial charge in [-0.15, -0.1) is 0 Å². The standard InChI is InChI=1S/C17H28N2/c1-13(2)15-10-16(11-15)18-12-17(19(3)4)14-8-6-5-7-9-14/h5-9,13,15-18H,10-12H2,1-4H3. The lowest BCUT2D eigenvalue weighted by Crippen LogP contribution is -2.45. The summed E-state index contributed by atoms with van der Waals surface area (Å²) in [6, 6.07) is 12.0. The Kier molecular flexibility index (Phi) is 5.00. The van der Waals surface area contributed by atoms with Crippen LogP contribution in [0.1, 0.15) is 38.3 Å². The molecule has 1 fully saturated rings. The molecule has 2 heteroatoms. The molecule has 19 heavy (non-hydrogen) atoms. The molecule has 1 aliphatic carbocycles. The lowest BCUT2D eigenvalue weighted by Gasteiger charge is -2.40. The van der Waals surface area contributed by atoms with Crippen LogP contribution in [0.3, 0.4) is 0 Å². The maximum atomic E-state index is 3.74. The second kappa shape index (κ2) is 6.53. The summed E-state index contributed by atoms with van der Waals surface area (Å²) < 4.78 is 0. The van der Waals surface area contributed by atoms with Gasteiger partial charge >= 0.3 is 0 Å². The number of nitrogens with one attached hydrogen (secondary N) is 1. The summed E-state index contributed by atoms with van der Waals surface area (Å²) >= 11 is 0. The van der Waals surface area contributed by atoms with Crippen molar-refractivity contribution in [1.82, 2.24) is 10.2 Å². The Morgan fingerprint density at radius 3 is 2.32 bits per heavy atom. The van der Waals surface area contributed by atoms with E-state index in [1.165, 1.54) is 18.4 Å². The van der Waals surface area contributed by atoms with E-state index in [2.05, 4.69) is 68.5 Å². The highest BCUT2D eigenvalue weighted by atomic mass is 15.1. The summed E-state index contributed by atoms with van der Waals surface area (Å²) in [5.74, 6) is 1.78. The van der Waals surface area contributed by atoms with E-state index in [9.17, 15) is 0 Å². The van der Waals surface area contributed by atoms with Crippen molar-refractivity contribution in [2.45, 2.75) is 38.8 Å². The zero-order valence-corrected chi connectivity index (χ0v) is 12.8. The molecule has 1 aromatic rings. The van der Waals surface area contributed by atoms with Crippen LogP contribution < -0.4 is 5.32 Å². The highest BCUT2D eigenvalue weighted by Crippen LogP contribution is 2.33. The van der Waals surface area contributed by atoms with Gasteiger partial charge < -0.3 is 10.2 Å². The molecular formula is C17H28N2. The largest absolute Gasteiger partial charge is 0.312 e. The number of rotatable bonds is 6. The van der Waals surface area contributed by atoms with Gasteiger partial charge in [-0.3, -0.25) is 0 Å². The van der Waals surface area contributed by atoms with E-state index in [-0.39, 0.29) is 0 Å². The SMILES string of the molecule is CC(C)C1CC(NCC(c2ccccc2)N(C)C)C1. The molecule has 1 N–H and O–H groups in total. The van der Waals surface area contributed by atoms with Crippen LogP contribution in [-0.2, 0) is 0 Å². The average Bonchev–Trinajstić information content (AvgIpc) is 2.32. The van der Waals surface area contributed by atoms with E-state index in [1.807, 2.05) is 0 Å². The average molecular weight is 260 g/mol. The molecule has 0 radical (unpaired) electrons. The predicted octanol–water partition coefficient (Wildman–Crippen LogP) is 3.31. The minimum Gasteiger partial charge on any atom is -0.312 e. The first-order chi connectivity index (χ1) is 9.08. The molecule has 0 amide bonds. The molecule has 0 spiro atoms. The minimum atomic E-state index is 0.472. The van der Waals surface area contributed by atoms with Gasteiger partial charge in [-0.05, 0) is 44.3 Å². The summed E-state index contributed by atoms with van der Waals surface area (Å²) in [6.45, 7) is 5.73. The van der Waals surface area contributed by atoms with Gasteiger partial charge in [0, 0.05) is 18.6 Å². The molecule has 0 bridgehead atoms. The number of benzene rings is 1. The Bertz CT molecular complexity index is 366. The fourth-order valence-corrected chi connectivity index (χ4v) is 2.92. The summed E-state index contributed by atoms with van der Waals surface area (Å²) in [5, 5.41) is 3.74. The Balaban J connectivity index is 1.83. The van der Waals surface area contributed by atoms with Crippen molar-refractivity contribution >= 4 is 0 Å². The van der Waals surface area contributed by atoms with Gasteiger partial charge in [0.2, 0.25) is 0 Å². The number of nitrogens with zero attached hydrogens (tertiary/aromatic N) is 1. The van der Waals surface area contributed by atoms with Crippen LogP contribution in [0.2, 0.25) is 0 Å². The van der Waals surface area contributed by atoms with Crippen molar-refractivity contribution in [2.75, 3.05) is 20.6 Å². The van der Waals surface area contributed by atoms with Gasteiger partial charge in [0.05, 0.1) is 0 Å². The fraction of sp³-hybridized carbons (Fsp3) is 0.647. The molecule has 2 nitrogen and oxygen atoms in total. The second-order valence-corrected chi connectivity index (χ2v) is 6.47. The van der Waals surface area contributed by atoms with Crippen molar-refractivity contribution in [2.24, 2.45) is 11.8 Å². The van der Waals surface area contributed by atoms with E-state index in [0.29, 0.717) is 6.04 Å². The van der Waals surface area contributed by atoms with Crippen LogP contribution in [0.25, 0.3) is 0 Å². The van der Waals surface area contributed by atoms with Crippen LogP contribution in [0, 0.1) is 11.8 Å². The molecule has 0 heterocycles. The molecule has 2 rings (SSSR count). The topological polar surface area (TPSA) is 15.3 Å². The molecule has 106 valence electrons. The van der Waals surface area contributed by atoms with Gasteiger partial charge in [0.25, 0.3) is 0 Å². The highest BCUT2D eigenvalue weighted by Gasteiger charge is 2.31. The first-order valence-corrected chi connectivity index (χ1v) is 7.52. The van der Waals surface area contributed by atoms with Gasteiger partial charge in [0.1, 0.15) is 0 Å². The zero-order chi connectivity index (χ0) is 13.8. The Hall–Kier alpha value is -0.860. The lowest BCUT2D eigenvalue weighted by atomic mass is 9.73. The molecule has 1 atom stereocenters. The number of hydrogen-bond donors (Lipinski definition) is 1. The third kappa shape index (κ3) is 3.80. The van der Waals surface area contributed by atoms with Crippen molar-refractivity contribution in [1.29, 1.82) is 0 Å². The van der Waals surface area contributed by atoms with Gasteiger partial charge in [-0.25, -0.2) is 0 Å². The second-order valence-electron chi connectivity index (χ2n) is 6.47. The van der Waals surface area contributed by atoms with E-state index >= 15 is 0 Å². The third-order valence-corrected chi connectivity index (χ3v) is 4.52. The number of likely N-dealkylation sites (N-methyl/N-ethyl adjacent to an activating group) is 1. The van der Waals surface area contributed by atoms with E-state index in [4.69, 9.17) is 0 Å². The van der Waals surface area contributed by atoms with Gasteiger partial charge in [-0.2, -0.15) is 0 Å². The molecule has 1 unspecified atom stereocenters. The van der Waals surface area contributed by atoms with Crippen molar-refractivity contribution in [3.63, 3.8) is 0 Å². The van der Waals surface area contributed by atoms with Crippen LogP contribution in [0.15, 0.2) is 30.3 Å². The van der Waals surface area contributed by atoms with E-state index in [1.54, 1.807) is 0 Å². The zero-order valence-electron chi connectivity index (χ0n) is 12.8. The van der Waals surface area contributed by atoms with Crippen LogP contribution in [0.4, 0.5) is 0 Å². The molecule has 1 saturated carbocycles. The third-order valence-electron chi connectivity index (χ3n) is 4.52. The Morgan fingerprint density at radius 1 is 1.16 bits per heavy atom. The van der Waals surface area contributed by atoms with Gasteiger partial charge in [-0.1, -0.05) is 44.2 Å². The maximum absolute atomic E-state index is 3.74. The van der Waals surface area contributed by atoms with E-state index < -0.39 is 0 Å². The van der Waals surface area contributed by atoms with Crippen LogP contribution >= 0.6 is 0 Å². The van der Waals surface area contributed by atoms with E-state index in [0.717, 1.165) is 24.4 Å². The minimum absolute atomic E-state index is 0.472. The smallest absolute Gasteiger partial charge is 0.0466 e. The fourth-order valence-electron chi connectivity index (χ4n) is 2.92. The first kappa shape index (κ1) is 14.5. The summed E-state index contributed by atoms with van der Waals surface area (Å²) in [7, 11) is 4.33.